The fraction of sp³-hybridized carbons (Fsp3) is 0.235. The lowest BCUT2D eigenvalue weighted by Crippen LogP contribution is -2.16. The molecule has 1 fully saturated rings. The Bertz CT molecular complexity index is 746. The quantitative estimate of drug-likeness (QED) is 0.900. The Balaban J connectivity index is 1.67. The van der Waals surface area contributed by atoms with Crippen LogP contribution in [0.2, 0.25) is 5.02 Å². The Kier molecular flexibility index (Phi) is 4.30. The van der Waals surface area contributed by atoms with E-state index in [1.165, 1.54) is 6.20 Å². The summed E-state index contributed by atoms with van der Waals surface area (Å²) in [5.74, 6) is 0.661. The zero-order valence-electron chi connectivity index (χ0n) is 12.5. The van der Waals surface area contributed by atoms with Gasteiger partial charge in [-0.05, 0) is 42.7 Å². The van der Waals surface area contributed by atoms with E-state index in [2.05, 4.69) is 15.6 Å². The van der Waals surface area contributed by atoms with Crippen LogP contribution in [0.3, 0.4) is 0 Å². The number of amides is 2. The van der Waals surface area contributed by atoms with Crippen LogP contribution >= 0.6 is 11.6 Å². The highest BCUT2D eigenvalue weighted by atomic mass is 35.5. The van der Waals surface area contributed by atoms with E-state index < -0.39 is 0 Å². The van der Waals surface area contributed by atoms with Crippen LogP contribution in [-0.2, 0) is 4.79 Å². The number of nitrogens with one attached hydrogen (secondary N) is 2. The number of benzene rings is 1. The van der Waals surface area contributed by atoms with Gasteiger partial charge in [0.05, 0.1) is 5.02 Å². The number of halogens is 1. The second-order valence-corrected chi connectivity index (χ2v) is 6.14. The van der Waals surface area contributed by atoms with Crippen molar-refractivity contribution in [2.24, 2.45) is 11.8 Å². The number of carbonyl (C=O) groups is 2. The number of pyridine rings is 1. The first-order valence-electron chi connectivity index (χ1n) is 7.37. The minimum atomic E-state index is -0.296. The summed E-state index contributed by atoms with van der Waals surface area (Å²) in [6.07, 6.45) is 2.39. The summed E-state index contributed by atoms with van der Waals surface area (Å²) in [6, 6.07) is 10.1. The molecule has 1 aliphatic carbocycles. The summed E-state index contributed by atoms with van der Waals surface area (Å²) in [7, 11) is 0. The van der Waals surface area contributed by atoms with Gasteiger partial charge in [-0.25, -0.2) is 4.98 Å². The van der Waals surface area contributed by atoms with E-state index in [1.807, 2.05) is 6.92 Å². The Morgan fingerprint density at radius 3 is 2.65 bits per heavy atom. The molecule has 23 heavy (non-hydrogen) atoms. The molecule has 1 heterocycles. The summed E-state index contributed by atoms with van der Waals surface area (Å²) >= 11 is 5.76. The van der Waals surface area contributed by atoms with E-state index in [4.69, 9.17) is 11.6 Å². The second-order valence-electron chi connectivity index (χ2n) is 5.71. The van der Waals surface area contributed by atoms with Crippen molar-refractivity contribution in [2.75, 3.05) is 10.6 Å². The molecule has 1 aromatic heterocycles. The molecule has 2 amide bonds. The minimum absolute atomic E-state index is 0.00873. The third kappa shape index (κ3) is 3.87. The molecule has 0 aliphatic heterocycles. The van der Waals surface area contributed by atoms with Crippen LogP contribution in [-0.4, -0.2) is 16.8 Å². The van der Waals surface area contributed by atoms with Crippen molar-refractivity contribution < 1.29 is 9.59 Å². The third-order valence-electron chi connectivity index (χ3n) is 3.81. The molecule has 2 unspecified atom stereocenters. The molecule has 6 heteroatoms. The lowest BCUT2D eigenvalue weighted by atomic mass is 10.2. The maximum Gasteiger partial charge on any atom is 0.256 e. The maximum atomic E-state index is 12.2. The molecule has 0 saturated heterocycles. The predicted octanol–water partition coefficient (Wildman–Crippen LogP) is 3.58. The number of anilines is 2. The SMILES string of the molecule is CC1CC1C(=O)Nc1cccc(C(=O)Nc2ccc(Cl)cn2)c1. The first kappa shape index (κ1) is 15.5. The first-order chi connectivity index (χ1) is 11.0. The highest BCUT2D eigenvalue weighted by Crippen LogP contribution is 2.38. The van der Waals surface area contributed by atoms with Crippen LogP contribution in [0, 0.1) is 11.8 Å². The average Bonchev–Trinajstić information content (AvgIpc) is 3.27. The minimum Gasteiger partial charge on any atom is -0.326 e. The van der Waals surface area contributed by atoms with E-state index in [-0.39, 0.29) is 17.7 Å². The fourth-order valence-electron chi connectivity index (χ4n) is 2.30. The van der Waals surface area contributed by atoms with Crippen LogP contribution in [0.15, 0.2) is 42.6 Å². The number of aromatic nitrogens is 1. The molecule has 0 bridgehead atoms. The van der Waals surface area contributed by atoms with E-state index >= 15 is 0 Å². The first-order valence-corrected chi connectivity index (χ1v) is 7.74. The van der Waals surface area contributed by atoms with Gasteiger partial charge >= 0.3 is 0 Å². The molecule has 0 spiro atoms. The largest absolute Gasteiger partial charge is 0.326 e. The van der Waals surface area contributed by atoms with E-state index in [0.29, 0.717) is 28.0 Å². The Hall–Kier alpha value is -2.40. The topological polar surface area (TPSA) is 71.1 Å². The third-order valence-corrected chi connectivity index (χ3v) is 4.03. The van der Waals surface area contributed by atoms with E-state index in [0.717, 1.165) is 6.42 Å². The highest BCUT2D eigenvalue weighted by Gasteiger charge is 2.39. The Morgan fingerprint density at radius 2 is 2.00 bits per heavy atom. The second kappa shape index (κ2) is 6.38. The maximum absolute atomic E-state index is 12.2. The van der Waals surface area contributed by atoms with Gasteiger partial charge in [-0.3, -0.25) is 9.59 Å². The number of hydrogen-bond acceptors (Lipinski definition) is 3. The summed E-state index contributed by atoms with van der Waals surface area (Å²) in [6.45, 7) is 2.05. The van der Waals surface area contributed by atoms with Gasteiger partial charge < -0.3 is 10.6 Å². The lowest BCUT2D eigenvalue weighted by molar-refractivity contribution is -0.117. The van der Waals surface area contributed by atoms with Crippen molar-refractivity contribution in [1.29, 1.82) is 0 Å². The average molecular weight is 330 g/mol. The normalized spacial score (nSPS) is 19.0. The number of rotatable bonds is 4. The van der Waals surface area contributed by atoms with Crippen LogP contribution in [0.25, 0.3) is 0 Å². The van der Waals surface area contributed by atoms with Crippen molar-refractivity contribution in [2.45, 2.75) is 13.3 Å². The van der Waals surface area contributed by atoms with Crippen molar-refractivity contribution in [3.63, 3.8) is 0 Å². The van der Waals surface area contributed by atoms with E-state index in [1.54, 1.807) is 36.4 Å². The zero-order chi connectivity index (χ0) is 16.4. The lowest BCUT2D eigenvalue weighted by Gasteiger charge is -2.08. The van der Waals surface area contributed by atoms with Crippen molar-refractivity contribution in [3.8, 4) is 0 Å². The molecule has 1 aromatic carbocycles. The molecular formula is C17H16ClN3O2. The number of hydrogen-bond donors (Lipinski definition) is 2. The predicted molar refractivity (Wildman–Crippen MR) is 89.5 cm³/mol. The summed E-state index contributed by atoms with van der Waals surface area (Å²) in [4.78, 5) is 28.2. The molecule has 0 radical (unpaired) electrons. The molecule has 3 rings (SSSR count). The monoisotopic (exact) mass is 329 g/mol. The van der Waals surface area contributed by atoms with Gasteiger partial charge in [0.15, 0.2) is 0 Å². The molecule has 5 nitrogen and oxygen atoms in total. The van der Waals surface area contributed by atoms with Gasteiger partial charge in [-0.2, -0.15) is 0 Å². The summed E-state index contributed by atoms with van der Waals surface area (Å²) in [5.41, 5.74) is 1.06. The van der Waals surface area contributed by atoms with Gasteiger partial charge in [-0.15, -0.1) is 0 Å². The van der Waals surface area contributed by atoms with Crippen molar-refractivity contribution >= 4 is 34.9 Å². The molecule has 2 N–H and O–H groups in total. The standard InChI is InChI=1S/C17H16ClN3O2/c1-10-7-14(10)17(23)20-13-4-2-3-11(8-13)16(22)21-15-6-5-12(18)9-19-15/h2-6,8-10,14H,7H2,1H3,(H,20,23)(H,19,21,22). The van der Waals surface area contributed by atoms with Gasteiger partial charge in [0.25, 0.3) is 5.91 Å². The van der Waals surface area contributed by atoms with Gasteiger partial charge in [0, 0.05) is 23.4 Å². The van der Waals surface area contributed by atoms with Gasteiger partial charge in [0.2, 0.25) is 5.91 Å². The number of nitrogens with zero attached hydrogens (tertiary/aromatic N) is 1. The number of carbonyl (C=O) groups excluding carboxylic acids is 2. The highest BCUT2D eigenvalue weighted by molar-refractivity contribution is 6.30. The van der Waals surface area contributed by atoms with Crippen LogP contribution in [0.1, 0.15) is 23.7 Å². The Morgan fingerprint density at radius 1 is 1.22 bits per heavy atom. The zero-order valence-corrected chi connectivity index (χ0v) is 13.3. The Labute approximate surface area is 139 Å². The van der Waals surface area contributed by atoms with Crippen LogP contribution in [0.5, 0.6) is 0 Å². The van der Waals surface area contributed by atoms with Crippen molar-refractivity contribution in [1.82, 2.24) is 4.98 Å². The summed E-state index contributed by atoms with van der Waals surface area (Å²) < 4.78 is 0. The molecule has 2 aromatic rings. The molecule has 1 saturated carbocycles. The summed E-state index contributed by atoms with van der Waals surface area (Å²) in [5, 5.41) is 6.04. The molecule has 2 atom stereocenters. The smallest absolute Gasteiger partial charge is 0.256 e. The fourth-order valence-corrected chi connectivity index (χ4v) is 2.41. The van der Waals surface area contributed by atoms with Gasteiger partial charge in [0.1, 0.15) is 5.82 Å². The van der Waals surface area contributed by atoms with Gasteiger partial charge in [-0.1, -0.05) is 24.6 Å². The van der Waals surface area contributed by atoms with Crippen LogP contribution in [0.4, 0.5) is 11.5 Å². The molecule has 1 aliphatic rings. The van der Waals surface area contributed by atoms with Crippen molar-refractivity contribution in [3.05, 3.63) is 53.2 Å². The molecular weight excluding hydrogens is 314 g/mol. The van der Waals surface area contributed by atoms with Crippen LogP contribution < -0.4 is 10.6 Å². The van der Waals surface area contributed by atoms with E-state index in [9.17, 15) is 9.59 Å². The molecule has 118 valence electrons.